The molecule has 0 bridgehead atoms. The summed E-state index contributed by atoms with van der Waals surface area (Å²) in [4.78, 5) is 0. The van der Waals surface area contributed by atoms with Gasteiger partial charge in [0.2, 0.25) is 0 Å². The second-order valence-corrected chi connectivity index (χ2v) is 3.11. The van der Waals surface area contributed by atoms with E-state index in [1.807, 2.05) is 13.8 Å². The fourth-order valence-electron chi connectivity index (χ4n) is 1.78. The van der Waals surface area contributed by atoms with Crippen LogP contribution in [0.15, 0.2) is 23.6 Å². The largest absolute Gasteiger partial charge is 0.472 e. The lowest BCUT2D eigenvalue weighted by Gasteiger charge is -2.03. The fraction of sp³-hybridized carbons (Fsp3) is 0.600. The molecule has 0 radical (unpaired) electrons. The highest BCUT2D eigenvalue weighted by Gasteiger charge is 2.43. The Morgan fingerprint density at radius 1 is 1.50 bits per heavy atom. The van der Waals surface area contributed by atoms with Gasteiger partial charge in [-0.15, -0.1) is 0 Å². The molecule has 1 heterocycles. The Kier molecular flexibility index (Phi) is 1.83. The minimum atomic E-state index is 0.679. The first-order chi connectivity index (χ1) is 5.95. The van der Waals surface area contributed by atoms with Crippen LogP contribution in [0.25, 0.3) is 0 Å². The van der Waals surface area contributed by atoms with Gasteiger partial charge in [0.05, 0.1) is 5.70 Å². The van der Waals surface area contributed by atoms with Crippen molar-refractivity contribution in [2.75, 3.05) is 6.73 Å². The Bertz CT molecular complexity index is 242. The van der Waals surface area contributed by atoms with Gasteiger partial charge in [-0.1, -0.05) is 19.9 Å². The predicted octanol–water partition coefficient (Wildman–Crippen LogP) is 2.01. The number of rotatable bonds is 0. The lowest BCUT2D eigenvalue weighted by molar-refractivity contribution is 0.244. The fourth-order valence-corrected chi connectivity index (χ4v) is 1.78. The van der Waals surface area contributed by atoms with Crippen molar-refractivity contribution in [2.24, 2.45) is 11.8 Å². The highest BCUT2D eigenvalue weighted by atomic mass is 16.5. The van der Waals surface area contributed by atoms with E-state index in [1.54, 1.807) is 0 Å². The number of ether oxygens (including phenoxy) is 1. The molecule has 3 rings (SSSR count). The maximum Gasteiger partial charge on any atom is 0.159 e. The van der Waals surface area contributed by atoms with Gasteiger partial charge in [0.15, 0.2) is 6.73 Å². The molecule has 0 saturated heterocycles. The maximum atomic E-state index is 5.34. The summed E-state index contributed by atoms with van der Waals surface area (Å²) in [6, 6.07) is 0. The molecule has 12 heavy (non-hydrogen) atoms. The molecule has 3 aliphatic rings. The van der Waals surface area contributed by atoms with Crippen LogP contribution < -0.4 is 5.32 Å². The lowest BCUT2D eigenvalue weighted by Crippen LogP contribution is -2.10. The molecule has 2 atom stereocenters. The Morgan fingerprint density at radius 3 is 3.17 bits per heavy atom. The SMILES string of the molecule is C1=CC2CC2C2=C1OCN2.CC. The van der Waals surface area contributed by atoms with Crippen molar-refractivity contribution in [2.45, 2.75) is 20.3 Å². The monoisotopic (exact) mass is 165 g/mol. The topological polar surface area (TPSA) is 21.3 Å². The van der Waals surface area contributed by atoms with Gasteiger partial charge in [0, 0.05) is 5.92 Å². The second kappa shape index (κ2) is 2.85. The Labute approximate surface area is 73.3 Å². The van der Waals surface area contributed by atoms with Gasteiger partial charge >= 0.3 is 0 Å². The van der Waals surface area contributed by atoms with Gasteiger partial charge in [-0.05, 0) is 18.4 Å². The van der Waals surface area contributed by atoms with Crippen molar-refractivity contribution in [3.8, 4) is 0 Å². The van der Waals surface area contributed by atoms with Crippen LogP contribution in [0.5, 0.6) is 0 Å². The van der Waals surface area contributed by atoms with Crippen LogP contribution in [0.1, 0.15) is 20.3 Å². The average Bonchev–Trinajstić information content (AvgIpc) is 2.79. The smallest absolute Gasteiger partial charge is 0.159 e. The number of nitrogens with one attached hydrogen (secondary N) is 1. The van der Waals surface area contributed by atoms with Gasteiger partial charge in [-0.2, -0.15) is 0 Å². The predicted molar refractivity (Wildman–Crippen MR) is 48.2 cm³/mol. The minimum Gasteiger partial charge on any atom is -0.472 e. The van der Waals surface area contributed by atoms with Crippen LogP contribution in [0.4, 0.5) is 0 Å². The summed E-state index contributed by atoms with van der Waals surface area (Å²) in [5.74, 6) is 2.69. The van der Waals surface area contributed by atoms with Crippen molar-refractivity contribution >= 4 is 0 Å². The molecule has 0 spiro atoms. The van der Waals surface area contributed by atoms with Crippen LogP contribution in [0.2, 0.25) is 0 Å². The van der Waals surface area contributed by atoms with Gasteiger partial charge in [-0.25, -0.2) is 0 Å². The molecule has 1 aliphatic heterocycles. The van der Waals surface area contributed by atoms with Gasteiger partial charge in [-0.3, -0.25) is 0 Å². The van der Waals surface area contributed by atoms with E-state index in [9.17, 15) is 0 Å². The van der Waals surface area contributed by atoms with Crippen molar-refractivity contribution in [1.29, 1.82) is 0 Å². The van der Waals surface area contributed by atoms with E-state index in [0.717, 1.165) is 17.6 Å². The maximum absolute atomic E-state index is 5.34. The molecule has 1 saturated carbocycles. The molecule has 0 aromatic carbocycles. The molecule has 1 N–H and O–H groups in total. The highest BCUT2D eigenvalue weighted by molar-refractivity contribution is 5.35. The third kappa shape index (κ3) is 1.02. The molecule has 0 aromatic rings. The molecule has 0 amide bonds. The Morgan fingerprint density at radius 2 is 2.33 bits per heavy atom. The normalized spacial score (nSPS) is 33.8. The second-order valence-electron chi connectivity index (χ2n) is 3.11. The molecule has 0 aromatic heterocycles. The van der Waals surface area contributed by atoms with Gasteiger partial charge in [0.25, 0.3) is 0 Å². The van der Waals surface area contributed by atoms with Crippen LogP contribution in [0.3, 0.4) is 0 Å². The van der Waals surface area contributed by atoms with E-state index in [1.165, 1.54) is 12.1 Å². The third-order valence-electron chi connectivity index (χ3n) is 2.46. The average molecular weight is 165 g/mol. The van der Waals surface area contributed by atoms with Gasteiger partial charge < -0.3 is 10.1 Å². The first-order valence-corrected chi connectivity index (χ1v) is 4.74. The van der Waals surface area contributed by atoms with Crippen LogP contribution >= 0.6 is 0 Å². The summed E-state index contributed by atoms with van der Waals surface area (Å²) in [7, 11) is 0. The first-order valence-electron chi connectivity index (χ1n) is 4.74. The molecule has 2 heteroatoms. The summed E-state index contributed by atoms with van der Waals surface area (Å²) >= 11 is 0. The van der Waals surface area contributed by atoms with Crippen molar-refractivity contribution in [1.82, 2.24) is 5.32 Å². The molecular weight excluding hydrogens is 150 g/mol. The molecule has 1 fully saturated rings. The standard InChI is InChI=1S/C8H9NO.C2H6/c1-2-7-8(9-4-10-7)6-3-5(1)6;1-2/h1-2,5-6,9H,3-4H2;1-2H3. The highest BCUT2D eigenvalue weighted by Crippen LogP contribution is 2.49. The zero-order chi connectivity index (χ0) is 8.55. The zero-order valence-corrected chi connectivity index (χ0v) is 7.63. The summed E-state index contributed by atoms with van der Waals surface area (Å²) in [6.45, 7) is 4.68. The van der Waals surface area contributed by atoms with Crippen molar-refractivity contribution in [3.05, 3.63) is 23.6 Å². The van der Waals surface area contributed by atoms with E-state index in [-0.39, 0.29) is 0 Å². The van der Waals surface area contributed by atoms with Crippen LogP contribution in [0, 0.1) is 11.8 Å². The third-order valence-corrected chi connectivity index (χ3v) is 2.46. The quantitative estimate of drug-likeness (QED) is 0.593. The first kappa shape index (κ1) is 7.71. The van der Waals surface area contributed by atoms with E-state index < -0.39 is 0 Å². The van der Waals surface area contributed by atoms with E-state index in [0.29, 0.717) is 6.73 Å². The summed E-state index contributed by atoms with van der Waals surface area (Å²) in [6.07, 6.45) is 5.69. The summed E-state index contributed by atoms with van der Waals surface area (Å²) < 4.78 is 5.34. The molecule has 2 unspecified atom stereocenters. The van der Waals surface area contributed by atoms with E-state index in [2.05, 4.69) is 17.5 Å². The zero-order valence-electron chi connectivity index (χ0n) is 7.63. The Hall–Kier alpha value is -0.920. The van der Waals surface area contributed by atoms with Gasteiger partial charge in [0.1, 0.15) is 5.76 Å². The van der Waals surface area contributed by atoms with E-state index >= 15 is 0 Å². The van der Waals surface area contributed by atoms with Crippen molar-refractivity contribution < 1.29 is 4.74 Å². The van der Waals surface area contributed by atoms with Crippen LogP contribution in [-0.2, 0) is 4.74 Å². The number of hydrogen-bond donors (Lipinski definition) is 1. The molecule has 2 nitrogen and oxygen atoms in total. The number of hydrogen-bond acceptors (Lipinski definition) is 2. The summed E-state index contributed by atoms with van der Waals surface area (Å²) in [5, 5.41) is 3.26. The Balaban J connectivity index is 0.000000264. The number of allylic oxidation sites excluding steroid dienone is 3. The summed E-state index contributed by atoms with van der Waals surface area (Å²) in [5.41, 5.74) is 1.35. The number of fused-ring (bicyclic) bond motifs is 2. The van der Waals surface area contributed by atoms with Crippen molar-refractivity contribution in [3.63, 3.8) is 0 Å². The lowest BCUT2D eigenvalue weighted by atomic mass is 10.1. The molecule has 2 aliphatic carbocycles. The molecular formula is C10H15NO. The van der Waals surface area contributed by atoms with E-state index in [4.69, 9.17) is 4.74 Å². The van der Waals surface area contributed by atoms with Crippen LogP contribution in [-0.4, -0.2) is 6.73 Å². The molecule has 66 valence electrons. The minimum absolute atomic E-state index is 0.679.